The lowest BCUT2D eigenvalue weighted by atomic mass is 10.1. The summed E-state index contributed by atoms with van der Waals surface area (Å²) in [4.78, 5) is 8.73. The van der Waals surface area contributed by atoms with Gasteiger partial charge in [0.05, 0.1) is 33.7 Å². The molecule has 0 spiro atoms. The Morgan fingerprint density at radius 1 is 1.21 bits per heavy atom. The van der Waals surface area contributed by atoms with Gasteiger partial charge in [-0.3, -0.25) is 4.98 Å². The Bertz CT molecular complexity index is 1190. The molecule has 28 heavy (non-hydrogen) atoms. The quantitative estimate of drug-likeness (QED) is 0.399. The zero-order valence-corrected chi connectivity index (χ0v) is 16.3. The topological polar surface area (TPSA) is 80.6 Å². The van der Waals surface area contributed by atoms with Crippen molar-refractivity contribution in [1.29, 1.82) is 0 Å². The number of benzene rings is 1. The molecule has 140 valence electrons. The third-order valence-corrected chi connectivity index (χ3v) is 4.93. The van der Waals surface area contributed by atoms with E-state index in [1.807, 2.05) is 48.2 Å². The number of nitrogens with zero attached hydrogens (tertiary/aromatic N) is 4. The molecule has 0 unspecified atom stereocenters. The molecule has 3 N–H and O–H groups in total. The number of fused-ring (bicyclic) bond motifs is 1. The second kappa shape index (κ2) is 7.32. The molecule has 4 rings (SSSR count). The summed E-state index contributed by atoms with van der Waals surface area (Å²) in [5.41, 5.74) is 12.6. The van der Waals surface area contributed by atoms with E-state index >= 15 is 0 Å². The number of aryl methyl sites for hydroxylation is 1. The highest BCUT2D eigenvalue weighted by Crippen LogP contribution is 2.30. The number of hydrogen-bond donors (Lipinski definition) is 2. The monoisotopic (exact) mass is 390 g/mol. The maximum absolute atomic E-state index is 6.30. The first-order valence-corrected chi connectivity index (χ1v) is 9.15. The van der Waals surface area contributed by atoms with Crippen molar-refractivity contribution in [3.05, 3.63) is 77.3 Å². The van der Waals surface area contributed by atoms with E-state index in [9.17, 15) is 0 Å². The number of rotatable bonds is 4. The Hall–Kier alpha value is -3.38. The molecular formula is C21H19ClN6. The van der Waals surface area contributed by atoms with Crippen molar-refractivity contribution < 1.29 is 0 Å². The van der Waals surface area contributed by atoms with Gasteiger partial charge in [-0.1, -0.05) is 23.7 Å². The van der Waals surface area contributed by atoms with Crippen molar-refractivity contribution in [2.24, 2.45) is 10.7 Å². The number of amidine groups is 1. The van der Waals surface area contributed by atoms with Crippen molar-refractivity contribution in [1.82, 2.24) is 14.6 Å². The molecule has 4 aromatic rings. The van der Waals surface area contributed by atoms with Crippen LogP contribution in [0.2, 0.25) is 5.02 Å². The number of nitrogens with two attached hydrogens (primary N) is 1. The lowest BCUT2D eigenvalue weighted by Crippen LogP contribution is -2.16. The maximum Gasteiger partial charge on any atom is 0.135 e. The minimum absolute atomic E-state index is 0.341. The number of anilines is 1. The summed E-state index contributed by atoms with van der Waals surface area (Å²) in [7, 11) is 1.85. The van der Waals surface area contributed by atoms with Gasteiger partial charge in [0, 0.05) is 36.8 Å². The van der Waals surface area contributed by atoms with Gasteiger partial charge < -0.3 is 11.1 Å². The van der Waals surface area contributed by atoms with Crippen LogP contribution in [0.1, 0.15) is 11.1 Å². The standard InChI is InChI=1S/C21H19ClN6/c1-13-7-8-25-10-15(13)14-9-19-20(24-2)16(11-26-28(19)12-14)21(23)27-18-6-4-3-5-17(18)22/h3-12,24H,1-2H3,(H2,23,27). The molecule has 0 bridgehead atoms. The molecule has 1 aromatic carbocycles. The first kappa shape index (κ1) is 18.0. The highest BCUT2D eigenvalue weighted by molar-refractivity contribution is 6.33. The molecule has 0 aliphatic rings. The van der Waals surface area contributed by atoms with Gasteiger partial charge in [0.1, 0.15) is 5.84 Å². The minimum Gasteiger partial charge on any atom is -0.386 e. The van der Waals surface area contributed by atoms with Gasteiger partial charge in [0.2, 0.25) is 0 Å². The van der Waals surface area contributed by atoms with E-state index in [4.69, 9.17) is 17.3 Å². The van der Waals surface area contributed by atoms with Gasteiger partial charge in [-0.2, -0.15) is 5.10 Å². The number of aromatic nitrogens is 3. The summed E-state index contributed by atoms with van der Waals surface area (Å²) in [6.45, 7) is 2.06. The maximum atomic E-state index is 6.30. The van der Waals surface area contributed by atoms with E-state index in [1.54, 1.807) is 18.5 Å². The molecule has 6 nitrogen and oxygen atoms in total. The molecular weight excluding hydrogens is 372 g/mol. The Labute approximate surface area is 167 Å². The second-order valence-corrected chi connectivity index (χ2v) is 6.79. The number of para-hydroxylation sites is 1. The first-order valence-electron chi connectivity index (χ1n) is 8.77. The third kappa shape index (κ3) is 3.18. The molecule has 3 aromatic heterocycles. The summed E-state index contributed by atoms with van der Waals surface area (Å²) >= 11 is 6.21. The van der Waals surface area contributed by atoms with Crippen molar-refractivity contribution in [3.63, 3.8) is 0 Å². The normalized spacial score (nSPS) is 11.8. The van der Waals surface area contributed by atoms with Crippen LogP contribution in [0.25, 0.3) is 16.6 Å². The molecule has 0 amide bonds. The summed E-state index contributed by atoms with van der Waals surface area (Å²) in [5, 5.41) is 8.29. The molecule has 0 aliphatic heterocycles. The van der Waals surface area contributed by atoms with Crippen LogP contribution in [0.5, 0.6) is 0 Å². The average Bonchev–Trinajstić information content (AvgIpc) is 3.13. The highest BCUT2D eigenvalue weighted by atomic mass is 35.5. The predicted molar refractivity (Wildman–Crippen MR) is 115 cm³/mol. The van der Waals surface area contributed by atoms with E-state index in [0.29, 0.717) is 22.1 Å². The summed E-state index contributed by atoms with van der Waals surface area (Å²) in [6, 6.07) is 11.4. The third-order valence-electron chi connectivity index (χ3n) is 4.61. The number of nitrogens with one attached hydrogen (secondary N) is 1. The molecule has 0 radical (unpaired) electrons. The fourth-order valence-corrected chi connectivity index (χ4v) is 3.34. The summed E-state index contributed by atoms with van der Waals surface area (Å²) in [5.74, 6) is 0.341. The Kier molecular flexibility index (Phi) is 4.71. The molecule has 0 fully saturated rings. The van der Waals surface area contributed by atoms with Gasteiger partial charge in [0.25, 0.3) is 0 Å². The van der Waals surface area contributed by atoms with Crippen LogP contribution < -0.4 is 11.1 Å². The van der Waals surface area contributed by atoms with Crippen molar-refractivity contribution in [2.45, 2.75) is 6.92 Å². The number of pyridine rings is 1. The van der Waals surface area contributed by atoms with E-state index in [1.165, 1.54) is 0 Å². The van der Waals surface area contributed by atoms with E-state index < -0.39 is 0 Å². The van der Waals surface area contributed by atoms with E-state index in [2.05, 4.69) is 33.4 Å². The van der Waals surface area contributed by atoms with Gasteiger partial charge in [-0.15, -0.1) is 0 Å². The number of aliphatic imine (C=N–C) groups is 1. The van der Waals surface area contributed by atoms with Crippen LogP contribution in [0, 0.1) is 6.92 Å². The molecule has 3 heterocycles. The van der Waals surface area contributed by atoms with Crippen LogP contribution in [-0.2, 0) is 0 Å². The van der Waals surface area contributed by atoms with Crippen LogP contribution >= 0.6 is 11.6 Å². The van der Waals surface area contributed by atoms with Gasteiger partial charge >= 0.3 is 0 Å². The van der Waals surface area contributed by atoms with Gasteiger partial charge in [-0.25, -0.2) is 9.51 Å². The second-order valence-electron chi connectivity index (χ2n) is 6.38. The zero-order chi connectivity index (χ0) is 19.7. The number of halogens is 1. The molecule has 0 saturated heterocycles. The van der Waals surface area contributed by atoms with E-state index in [0.717, 1.165) is 27.9 Å². The van der Waals surface area contributed by atoms with Crippen LogP contribution in [0.4, 0.5) is 11.4 Å². The van der Waals surface area contributed by atoms with Crippen molar-refractivity contribution in [2.75, 3.05) is 12.4 Å². The SMILES string of the molecule is CNc1c(C(N)=Nc2ccccc2Cl)cnn2cc(-c3cnccc3C)cc12. The predicted octanol–water partition coefficient (Wildman–Crippen LogP) is 4.44. The van der Waals surface area contributed by atoms with Gasteiger partial charge in [-0.05, 0) is 36.8 Å². The smallest absolute Gasteiger partial charge is 0.135 e. The highest BCUT2D eigenvalue weighted by Gasteiger charge is 2.14. The Morgan fingerprint density at radius 2 is 2.04 bits per heavy atom. The zero-order valence-electron chi connectivity index (χ0n) is 15.5. The Balaban J connectivity index is 1.85. The van der Waals surface area contributed by atoms with Crippen molar-refractivity contribution >= 4 is 34.3 Å². The molecule has 7 heteroatoms. The lowest BCUT2D eigenvalue weighted by Gasteiger charge is -2.10. The first-order chi connectivity index (χ1) is 13.6. The molecule has 0 aliphatic carbocycles. The van der Waals surface area contributed by atoms with Crippen molar-refractivity contribution in [3.8, 4) is 11.1 Å². The largest absolute Gasteiger partial charge is 0.386 e. The lowest BCUT2D eigenvalue weighted by molar-refractivity contribution is 0.939. The van der Waals surface area contributed by atoms with E-state index in [-0.39, 0.29) is 0 Å². The average molecular weight is 391 g/mol. The van der Waals surface area contributed by atoms with Crippen LogP contribution in [0.15, 0.2) is 66.2 Å². The minimum atomic E-state index is 0.341. The summed E-state index contributed by atoms with van der Waals surface area (Å²) < 4.78 is 1.82. The van der Waals surface area contributed by atoms with Crippen LogP contribution in [-0.4, -0.2) is 27.5 Å². The van der Waals surface area contributed by atoms with Gasteiger partial charge in [0.15, 0.2) is 0 Å². The molecule has 0 saturated carbocycles. The summed E-state index contributed by atoms with van der Waals surface area (Å²) in [6.07, 6.45) is 7.33. The fourth-order valence-electron chi connectivity index (χ4n) is 3.16. The fraction of sp³-hybridized carbons (Fsp3) is 0.0952. The van der Waals surface area contributed by atoms with Crippen LogP contribution in [0.3, 0.4) is 0 Å². The Morgan fingerprint density at radius 3 is 2.79 bits per heavy atom. The molecule has 0 atom stereocenters. The number of hydrogen-bond acceptors (Lipinski definition) is 4.